The summed E-state index contributed by atoms with van der Waals surface area (Å²) in [4.78, 5) is 46.7. The molecule has 222 valence electrons. The molecule has 3 aromatic rings. The van der Waals surface area contributed by atoms with Crippen LogP contribution in [0.4, 0.5) is 23.7 Å². The summed E-state index contributed by atoms with van der Waals surface area (Å²) < 4.78 is 46.3. The molecule has 0 N–H and O–H groups in total. The topological polar surface area (TPSA) is 104 Å². The summed E-state index contributed by atoms with van der Waals surface area (Å²) in [5, 5.41) is 9.23. The largest absolute Gasteiger partial charge is 0.456 e. The monoisotopic (exact) mass is 590 g/mol. The van der Waals surface area contributed by atoms with Crippen molar-refractivity contribution in [1.29, 1.82) is 5.26 Å². The Morgan fingerprint density at radius 2 is 1.74 bits per heavy atom. The van der Waals surface area contributed by atoms with Gasteiger partial charge < -0.3 is 9.64 Å². The number of aromatic nitrogens is 1. The van der Waals surface area contributed by atoms with Gasteiger partial charge in [-0.3, -0.25) is 9.69 Å². The van der Waals surface area contributed by atoms with Crippen LogP contribution in [-0.2, 0) is 22.3 Å². The number of pyridine rings is 1. The quantitative estimate of drug-likeness (QED) is 0.287. The molecule has 2 heterocycles. The number of ketones is 1. The minimum Gasteiger partial charge on any atom is -0.456 e. The molecule has 2 aromatic carbocycles. The van der Waals surface area contributed by atoms with Crippen LogP contribution < -0.4 is 4.90 Å². The van der Waals surface area contributed by atoms with Crippen LogP contribution in [0.5, 0.6) is 0 Å². The number of alkyl halides is 3. The van der Waals surface area contributed by atoms with Crippen molar-refractivity contribution in [3.63, 3.8) is 0 Å². The molecule has 43 heavy (non-hydrogen) atoms. The number of rotatable bonds is 6. The van der Waals surface area contributed by atoms with E-state index in [9.17, 15) is 32.8 Å². The van der Waals surface area contributed by atoms with Gasteiger partial charge in [0.05, 0.1) is 22.9 Å². The molecule has 1 unspecified atom stereocenters. The zero-order valence-electron chi connectivity index (χ0n) is 24.2. The summed E-state index contributed by atoms with van der Waals surface area (Å²) in [7, 11) is 0. The average molecular weight is 591 g/mol. The summed E-state index contributed by atoms with van der Waals surface area (Å²) in [6.07, 6.45) is -3.27. The van der Waals surface area contributed by atoms with Gasteiger partial charge in [-0.25, -0.2) is 14.6 Å². The second kappa shape index (κ2) is 11.7. The summed E-state index contributed by atoms with van der Waals surface area (Å²) in [6.45, 7) is 7.89. The molecule has 4 rings (SSSR count). The highest BCUT2D eigenvalue weighted by Crippen LogP contribution is 2.41. The van der Waals surface area contributed by atoms with Gasteiger partial charge in [0, 0.05) is 24.0 Å². The van der Waals surface area contributed by atoms with E-state index in [1.54, 1.807) is 51.1 Å². The molecular formula is C32H29F3N4O4. The van der Waals surface area contributed by atoms with Crippen molar-refractivity contribution < 1.29 is 32.3 Å². The highest BCUT2D eigenvalue weighted by molar-refractivity contribution is 6.05. The normalized spacial score (nSPS) is 15.8. The van der Waals surface area contributed by atoms with Crippen LogP contribution in [0, 0.1) is 11.3 Å². The van der Waals surface area contributed by atoms with Gasteiger partial charge in [-0.2, -0.15) is 18.4 Å². The molecule has 1 aliphatic rings. The number of esters is 1. The number of carbonyl (C=O) groups excluding carboxylic acids is 3. The molecule has 0 spiro atoms. The third-order valence-corrected chi connectivity index (χ3v) is 6.69. The maximum absolute atomic E-state index is 14.2. The lowest BCUT2D eigenvalue weighted by Gasteiger charge is -2.43. The zero-order chi connectivity index (χ0) is 31.7. The van der Waals surface area contributed by atoms with Gasteiger partial charge in [-0.15, -0.1) is 0 Å². The number of ether oxygens (including phenoxy) is 1. The van der Waals surface area contributed by atoms with Gasteiger partial charge in [0.1, 0.15) is 17.4 Å². The van der Waals surface area contributed by atoms with E-state index in [1.165, 1.54) is 43.1 Å². The van der Waals surface area contributed by atoms with Crippen molar-refractivity contribution in [1.82, 2.24) is 9.88 Å². The fourth-order valence-electron chi connectivity index (χ4n) is 4.90. The number of anilines is 1. The fourth-order valence-corrected chi connectivity index (χ4v) is 4.90. The minimum atomic E-state index is -4.66. The maximum atomic E-state index is 14.2. The number of hydrogen-bond donors (Lipinski definition) is 0. The Balaban J connectivity index is 1.88. The molecule has 0 saturated heterocycles. The lowest BCUT2D eigenvalue weighted by Crippen LogP contribution is -2.50. The highest BCUT2D eigenvalue weighted by atomic mass is 19.4. The predicted octanol–water partition coefficient (Wildman–Crippen LogP) is 6.97. The lowest BCUT2D eigenvalue weighted by atomic mass is 9.90. The molecule has 0 aliphatic carbocycles. The van der Waals surface area contributed by atoms with E-state index in [4.69, 9.17) is 4.74 Å². The van der Waals surface area contributed by atoms with Crippen LogP contribution >= 0.6 is 0 Å². The molecule has 1 aromatic heterocycles. The number of amides is 2. The third-order valence-electron chi connectivity index (χ3n) is 6.69. The summed E-state index contributed by atoms with van der Waals surface area (Å²) in [6, 6.07) is 14.0. The number of nitriles is 1. The second-order valence-electron chi connectivity index (χ2n) is 11.0. The van der Waals surface area contributed by atoms with Crippen molar-refractivity contribution in [2.24, 2.45) is 0 Å². The van der Waals surface area contributed by atoms with E-state index in [0.29, 0.717) is 11.1 Å². The van der Waals surface area contributed by atoms with Crippen LogP contribution in [0.25, 0.3) is 0 Å². The smallest absolute Gasteiger partial charge is 0.416 e. The van der Waals surface area contributed by atoms with Gasteiger partial charge >= 0.3 is 18.2 Å². The first kappa shape index (κ1) is 31.0. The summed E-state index contributed by atoms with van der Waals surface area (Å²) >= 11 is 0. The first-order chi connectivity index (χ1) is 20.1. The number of benzene rings is 2. The second-order valence-corrected chi connectivity index (χ2v) is 11.0. The SMILES string of the molecule is CC(=O)C1=C(C)N(c2cccc(C(F)(F)F)c2)C(=O)N(Cc2cccc(C(=O)OC(C)(C)C)c2)C1c1ccc(C#N)nc1. The van der Waals surface area contributed by atoms with Crippen LogP contribution in [0.15, 0.2) is 78.1 Å². The minimum absolute atomic E-state index is 0.0695. The number of carbonyl (C=O) groups is 3. The zero-order valence-corrected chi connectivity index (χ0v) is 24.2. The molecule has 0 fully saturated rings. The molecule has 11 heteroatoms. The number of halogens is 3. The van der Waals surface area contributed by atoms with Crippen LogP contribution in [0.2, 0.25) is 0 Å². The Bertz CT molecular complexity index is 1650. The Labute approximate surface area is 247 Å². The van der Waals surface area contributed by atoms with E-state index in [0.717, 1.165) is 17.0 Å². The number of urea groups is 1. The number of nitrogens with zero attached hydrogens (tertiary/aromatic N) is 4. The Morgan fingerprint density at radius 1 is 1.05 bits per heavy atom. The number of allylic oxidation sites excluding steroid dienone is 1. The average Bonchev–Trinajstić information content (AvgIpc) is 2.93. The van der Waals surface area contributed by atoms with Crippen LogP contribution in [0.3, 0.4) is 0 Å². The summed E-state index contributed by atoms with van der Waals surface area (Å²) in [5.41, 5.74) is -0.159. The van der Waals surface area contributed by atoms with E-state index in [1.807, 2.05) is 6.07 Å². The molecule has 1 aliphatic heterocycles. The van der Waals surface area contributed by atoms with Crippen molar-refractivity contribution in [2.45, 2.75) is 59.0 Å². The van der Waals surface area contributed by atoms with Crippen molar-refractivity contribution in [2.75, 3.05) is 4.90 Å². The van der Waals surface area contributed by atoms with Crippen LogP contribution in [0.1, 0.15) is 73.4 Å². The van der Waals surface area contributed by atoms with E-state index >= 15 is 0 Å². The Hall–Kier alpha value is -4.98. The maximum Gasteiger partial charge on any atom is 0.416 e. The molecular weight excluding hydrogens is 561 g/mol. The Morgan fingerprint density at radius 3 is 2.33 bits per heavy atom. The number of Topliss-reactive ketones (excluding diaryl/α,β-unsaturated/α-hetero) is 1. The van der Waals surface area contributed by atoms with Crippen molar-refractivity contribution >= 4 is 23.5 Å². The lowest BCUT2D eigenvalue weighted by molar-refractivity contribution is -0.137. The molecule has 0 saturated carbocycles. The molecule has 0 radical (unpaired) electrons. The molecule has 0 bridgehead atoms. The van der Waals surface area contributed by atoms with E-state index < -0.39 is 41.2 Å². The van der Waals surface area contributed by atoms with Crippen LogP contribution in [-0.4, -0.2) is 33.3 Å². The van der Waals surface area contributed by atoms with Gasteiger partial charge in [0.15, 0.2) is 5.78 Å². The molecule has 8 nitrogen and oxygen atoms in total. The highest BCUT2D eigenvalue weighted by Gasteiger charge is 2.42. The first-order valence-corrected chi connectivity index (χ1v) is 13.3. The summed E-state index contributed by atoms with van der Waals surface area (Å²) in [5.74, 6) is -0.984. The van der Waals surface area contributed by atoms with Gasteiger partial charge in [-0.1, -0.05) is 24.3 Å². The fraction of sp³-hybridized carbons (Fsp3) is 0.281. The molecule has 2 amide bonds. The van der Waals surface area contributed by atoms with Gasteiger partial charge in [-0.05, 0) is 82.1 Å². The molecule has 1 atom stereocenters. The standard InChI is InChI=1S/C32H29F3N4O4/c1-19-27(20(2)40)28(23-12-13-25(16-36)37-17-23)38(18-21-8-6-9-22(14-21)29(41)43-31(3,4)5)30(42)39(19)26-11-7-10-24(15-26)32(33,34)35/h6-15,17,28H,18H2,1-5H3. The van der Waals surface area contributed by atoms with Crippen molar-refractivity contribution in [3.8, 4) is 6.07 Å². The van der Waals surface area contributed by atoms with E-state index in [2.05, 4.69) is 4.98 Å². The third kappa shape index (κ3) is 6.75. The first-order valence-electron chi connectivity index (χ1n) is 13.3. The number of hydrogen-bond acceptors (Lipinski definition) is 6. The van der Waals surface area contributed by atoms with Gasteiger partial charge in [0.25, 0.3) is 0 Å². The van der Waals surface area contributed by atoms with Gasteiger partial charge in [0.2, 0.25) is 0 Å². The Kier molecular flexibility index (Phi) is 8.44. The van der Waals surface area contributed by atoms with E-state index in [-0.39, 0.29) is 34.8 Å². The predicted molar refractivity (Wildman–Crippen MR) is 152 cm³/mol. The van der Waals surface area contributed by atoms with Crippen molar-refractivity contribution in [3.05, 3.63) is 106 Å².